The van der Waals surface area contributed by atoms with Crippen molar-refractivity contribution in [2.75, 3.05) is 29.0 Å². The van der Waals surface area contributed by atoms with Crippen molar-refractivity contribution in [2.24, 2.45) is 5.73 Å². The molecular weight excluding hydrogens is 464 g/mol. The molecule has 4 aromatic rings. The van der Waals surface area contributed by atoms with Gasteiger partial charge in [0.15, 0.2) is 17.3 Å². The lowest BCUT2D eigenvalue weighted by molar-refractivity contribution is 0.102. The fourth-order valence-electron chi connectivity index (χ4n) is 4.21. The van der Waals surface area contributed by atoms with E-state index in [9.17, 15) is 4.79 Å². The highest BCUT2D eigenvalue weighted by atomic mass is 35.5. The first-order valence-corrected chi connectivity index (χ1v) is 11.7. The molecular formula is C25H25ClN8O. The number of benzene rings is 1. The number of hydrogen-bond donors (Lipinski definition) is 3. The number of nitrogens with two attached hydrogens (primary N) is 2. The Morgan fingerprint density at radius 2 is 1.91 bits per heavy atom. The van der Waals surface area contributed by atoms with Gasteiger partial charge in [-0.15, -0.1) is 0 Å². The van der Waals surface area contributed by atoms with Crippen LogP contribution in [0.4, 0.5) is 17.3 Å². The molecule has 0 radical (unpaired) electrons. The highest BCUT2D eigenvalue weighted by molar-refractivity contribution is 6.31. The summed E-state index contributed by atoms with van der Waals surface area (Å²) in [4.78, 5) is 33.0. The molecule has 0 saturated carbocycles. The molecule has 10 heteroatoms. The smallest absolute Gasteiger partial charge is 0.279 e. The Labute approximate surface area is 207 Å². The molecule has 1 aliphatic rings. The van der Waals surface area contributed by atoms with Crippen molar-refractivity contribution in [1.29, 1.82) is 0 Å². The summed E-state index contributed by atoms with van der Waals surface area (Å²) in [6, 6.07) is 11.1. The second-order valence-corrected chi connectivity index (χ2v) is 9.42. The van der Waals surface area contributed by atoms with Gasteiger partial charge in [0.2, 0.25) is 0 Å². The van der Waals surface area contributed by atoms with Crippen LogP contribution in [0.15, 0.2) is 55.0 Å². The van der Waals surface area contributed by atoms with Crippen molar-refractivity contribution in [3.63, 3.8) is 0 Å². The molecule has 0 unspecified atom stereocenters. The van der Waals surface area contributed by atoms with Gasteiger partial charge in [-0.1, -0.05) is 17.7 Å². The van der Waals surface area contributed by atoms with Crippen molar-refractivity contribution in [2.45, 2.75) is 25.3 Å². The third kappa shape index (κ3) is 4.73. The highest BCUT2D eigenvalue weighted by Gasteiger charge is 2.28. The van der Waals surface area contributed by atoms with Crippen LogP contribution in [0.3, 0.4) is 0 Å². The number of nitrogens with zero attached hydrogens (tertiary/aromatic N) is 5. The zero-order valence-corrected chi connectivity index (χ0v) is 20.0. The quantitative estimate of drug-likeness (QED) is 0.393. The third-order valence-corrected chi connectivity index (χ3v) is 6.48. The fourth-order valence-corrected chi connectivity index (χ4v) is 4.39. The zero-order valence-electron chi connectivity index (χ0n) is 19.2. The van der Waals surface area contributed by atoms with Crippen LogP contribution in [0.25, 0.3) is 22.2 Å². The number of halogens is 1. The lowest BCUT2D eigenvalue weighted by atomic mass is 9.91. The van der Waals surface area contributed by atoms with Crippen molar-refractivity contribution in [1.82, 2.24) is 19.9 Å². The van der Waals surface area contributed by atoms with E-state index in [-0.39, 0.29) is 17.1 Å². The van der Waals surface area contributed by atoms with E-state index in [0.29, 0.717) is 22.2 Å². The van der Waals surface area contributed by atoms with Gasteiger partial charge < -0.3 is 21.7 Å². The zero-order chi connectivity index (χ0) is 24.6. The molecule has 0 aliphatic carbocycles. The van der Waals surface area contributed by atoms with Crippen molar-refractivity contribution >= 4 is 45.6 Å². The predicted octanol–water partition coefficient (Wildman–Crippen LogP) is 3.89. The summed E-state index contributed by atoms with van der Waals surface area (Å²) in [7, 11) is 0. The maximum absolute atomic E-state index is 13.3. The van der Waals surface area contributed by atoms with Gasteiger partial charge in [-0.05, 0) is 55.5 Å². The molecule has 1 aromatic carbocycles. The standard InChI is InChI=1S/C25H25ClN8O/c1-25(28)7-11-34(12-8-25)19-3-2-9-30-23(19)33-24(35)21-22(27)31-14-18(32-21)20-17-5-4-16(26)13-15(17)6-10-29-20/h2-6,9-10,13-14H,7-8,11-12,28H2,1H3,(H2,27,31)(H,30,33,35). The lowest BCUT2D eigenvalue weighted by Crippen LogP contribution is -2.48. The summed E-state index contributed by atoms with van der Waals surface area (Å²) < 4.78 is 0. The van der Waals surface area contributed by atoms with Gasteiger partial charge in [0.1, 0.15) is 5.69 Å². The minimum Gasteiger partial charge on any atom is -0.382 e. The Hall–Kier alpha value is -3.82. The summed E-state index contributed by atoms with van der Waals surface area (Å²) in [6.07, 6.45) is 6.49. The van der Waals surface area contributed by atoms with Crippen molar-refractivity contribution < 1.29 is 4.79 Å². The Balaban J connectivity index is 1.45. The molecule has 1 amide bonds. The van der Waals surface area contributed by atoms with Gasteiger partial charge in [0.05, 0.1) is 17.6 Å². The number of amides is 1. The minimum absolute atomic E-state index is 0.0000437. The number of fused-ring (bicyclic) bond motifs is 1. The van der Waals surface area contributed by atoms with Gasteiger partial charge in [-0.25, -0.2) is 15.0 Å². The Morgan fingerprint density at radius 3 is 2.71 bits per heavy atom. The first-order valence-electron chi connectivity index (χ1n) is 11.3. The SMILES string of the molecule is CC1(N)CCN(c2cccnc2NC(=O)c2nc(-c3nccc4cc(Cl)ccc34)cnc2N)CC1. The molecule has 3 aromatic heterocycles. The van der Waals surface area contributed by atoms with Crippen LogP contribution in [0.5, 0.6) is 0 Å². The summed E-state index contributed by atoms with van der Waals surface area (Å²) in [5.41, 5.74) is 14.0. The number of anilines is 3. The molecule has 5 rings (SSSR count). The highest BCUT2D eigenvalue weighted by Crippen LogP contribution is 2.30. The van der Waals surface area contributed by atoms with Gasteiger partial charge in [-0.2, -0.15) is 0 Å². The minimum atomic E-state index is -0.499. The third-order valence-electron chi connectivity index (χ3n) is 6.25. The lowest BCUT2D eigenvalue weighted by Gasteiger charge is -2.38. The van der Waals surface area contributed by atoms with E-state index in [0.717, 1.165) is 42.4 Å². The van der Waals surface area contributed by atoms with Crippen LogP contribution in [-0.2, 0) is 0 Å². The monoisotopic (exact) mass is 488 g/mol. The maximum Gasteiger partial charge on any atom is 0.279 e. The number of pyridine rings is 2. The number of nitrogen functional groups attached to an aromatic ring is 1. The summed E-state index contributed by atoms with van der Waals surface area (Å²) >= 11 is 6.13. The first kappa shape index (κ1) is 22.9. The average Bonchev–Trinajstić information content (AvgIpc) is 2.84. The number of carbonyl (C=O) groups is 1. The molecule has 0 atom stereocenters. The fraction of sp³-hybridized carbons (Fsp3) is 0.240. The van der Waals surface area contributed by atoms with E-state index in [1.807, 2.05) is 30.3 Å². The molecule has 1 aliphatic heterocycles. The molecule has 178 valence electrons. The Kier molecular flexibility index (Phi) is 5.96. The summed E-state index contributed by atoms with van der Waals surface area (Å²) in [5.74, 6) is -0.0488. The average molecular weight is 489 g/mol. The van der Waals surface area contributed by atoms with Crippen molar-refractivity contribution in [3.05, 3.63) is 65.7 Å². The van der Waals surface area contributed by atoms with Gasteiger partial charge in [-0.3, -0.25) is 9.78 Å². The molecule has 35 heavy (non-hydrogen) atoms. The van der Waals surface area contributed by atoms with Crippen LogP contribution < -0.4 is 21.7 Å². The molecule has 4 heterocycles. The number of aromatic nitrogens is 4. The molecule has 0 spiro atoms. The first-order chi connectivity index (χ1) is 16.8. The number of nitrogens with one attached hydrogen (secondary N) is 1. The van der Waals surface area contributed by atoms with E-state index in [1.165, 1.54) is 6.20 Å². The summed E-state index contributed by atoms with van der Waals surface area (Å²) in [5, 5.41) is 5.23. The number of hydrogen-bond acceptors (Lipinski definition) is 8. The largest absolute Gasteiger partial charge is 0.382 e. The van der Waals surface area contributed by atoms with Crippen LogP contribution in [0.2, 0.25) is 5.02 Å². The van der Waals surface area contributed by atoms with Gasteiger partial charge in [0, 0.05) is 41.4 Å². The van der Waals surface area contributed by atoms with E-state index in [2.05, 4.69) is 37.1 Å². The van der Waals surface area contributed by atoms with Gasteiger partial charge in [0.25, 0.3) is 5.91 Å². The van der Waals surface area contributed by atoms with Crippen LogP contribution in [0.1, 0.15) is 30.3 Å². The second-order valence-electron chi connectivity index (χ2n) is 8.98. The van der Waals surface area contributed by atoms with E-state index >= 15 is 0 Å². The number of rotatable bonds is 4. The molecule has 0 bridgehead atoms. The second kappa shape index (κ2) is 9.09. The predicted molar refractivity (Wildman–Crippen MR) is 138 cm³/mol. The molecule has 5 N–H and O–H groups in total. The number of carbonyl (C=O) groups excluding carboxylic acids is 1. The van der Waals surface area contributed by atoms with Crippen LogP contribution in [0, 0.1) is 0 Å². The molecule has 1 fully saturated rings. The number of piperidine rings is 1. The van der Waals surface area contributed by atoms with E-state index in [4.69, 9.17) is 23.1 Å². The normalized spacial score (nSPS) is 15.2. The molecule has 9 nitrogen and oxygen atoms in total. The summed E-state index contributed by atoms with van der Waals surface area (Å²) in [6.45, 7) is 3.61. The Morgan fingerprint density at radius 1 is 1.11 bits per heavy atom. The van der Waals surface area contributed by atoms with Crippen molar-refractivity contribution in [3.8, 4) is 11.4 Å². The topological polar surface area (TPSA) is 136 Å². The maximum atomic E-state index is 13.3. The molecule has 1 saturated heterocycles. The Bertz CT molecular complexity index is 1410. The van der Waals surface area contributed by atoms with Gasteiger partial charge >= 0.3 is 0 Å². The van der Waals surface area contributed by atoms with Crippen LogP contribution >= 0.6 is 11.6 Å². The van der Waals surface area contributed by atoms with Crippen LogP contribution in [-0.4, -0.2) is 44.5 Å². The van der Waals surface area contributed by atoms with E-state index in [1.54, 1.807) is 18.5 Å². The van der Waals surface area contributed by atoms with E-state index < -0.39 is 5.91 Å².